The fourth-order valence-corrected chi connectivity index (χ4v) is 4.00. The van der Waals surface area contributed by atoms with Gasteiger partial charge in [-0.25, -0.2) is 8.42 Å². The minimum absolute atomic E-state index is 0.266. The van der Waals surface area contributed by atoms with Crippen LogP contribution in [0.4, 0.5) is 0 Å². The van der Waals surface area contributed by atoms with E-state index in [0.717, 1.165) is 5.56 Å². The highest BCUT2D eigenvalue weighted by atomic mass is 32.2. The molecule has 0 radical (unpaired) electrons. The second-order valence-corrected chi connectivity index (χ2v) is 7.29. The summed E-state index contributed by atoms with van der Waals surface area (Å²) in [5.41, 5.74) is 3.52. The lowest BCUT2D eigenvalue weighted by molar-refractivity contribution is 0.544. The van der Waals surface area contributed by atoms with Crippen LogP contribution in [-0.4, -0.2) is 32.5 Å². The topological polar surface area (TPSA) is 46.2 Å². The third-order valence-corrected chi connectivity index (χ3v) is 5.31. The summed E-state index contributed by atoms with van der Waals surface area (Å²) in [4.78, 5) is 0. The van der Waals surface area contributed by atoms with E-state index in [2.05, 4.69) is 23.5 Å². The number of rotatable bonds is 2. The third-order valence-electron chi connectivity index (χ3n) is 3.19. The lowest BCUT2D eigenvalue weighted by Gasteiger charge is -2.23. The van der Waals surface area contributed by atoms with E-state index in [0.29, 0.717) is 19.5 Å². The zero-order valence-electron chi connectivity index (χ0n) is 10.4. The summed E-state index contributed by atoms with van der Waals surface area (Å²) in [6.45, 7) is 5.26. The van der Waals surface area contributed by atoms with E-state index in [1.807, 2.05) is 13.8 Å². The van der Waals surface area contributed by atoms with Gasteiger partial charge in [-0.3, -0.25) is 0 Å². The molecule has 1 atom stereocenters. The first kappa shape index (κ1) is 12.6. The van der Waals surface area contributed by atoms with E-state index in [-0.39, 0.29) is 11.0 Å². The molecular weight excluding hydrogens is 234 g/mol. The van der Waals surface area contributed by atoms with Crippen LogP contribution in [0.25, 0.3) is 0 Å². The molecule has 1 fully saturated rings. The zero-order valence-corrected chi connectivity index (χ0v) is 11.2. The molecule has 0 bridgehead atoms. The molecule has 1 N–H and O–H groups in total. The van der Waals surface area contributed by atoms with Crippen LogP contribution in [0, 0.1) is 13.8 Å². The number of sulfone groups is 1. The molecule has 1 saturated heterocycles. The van der Waals surface area contributed by atoms with Gasteiger partial charge in [0.2, 0.25) is 0 Å². The maximum atomic E-state index is 11.9. The van der Waals surface area contributed by atoms with Crippen LogP contribution in [-0.2, 0) is 16.3 Å². The van der Waals surface area contributed by atoms with E-state index >= 15 is 0 Å². The average molecular weight is 253 g/mol. The number of nitrogens with one attached hydrogen (secondary N) is 1. The van der Waals surface area contributed by atoms with E-state index in [1.54, 1.807) is 0 Å². The predicted molar refractivity (Wildman–Crippen MR) is 70.1 cm³/mol. The lowest BCUT2D eigenvalue weighted by Crippen LogP contribution is -2.45. The Balaban J connectivity index is 2.20. The number of hydrogen-bond acceptors (Lipinski definition) is 3. The van der Waals surface area contributed by atoms with Gasteiger partial charge in [0, 0.05) is 13.1 Å². The van der Waals surface area contributed by atoms with Crippen molar-refractivity contribution in [2.75, 3.05) is 18.8 Å². The van der Waals surface area contributed by atoms with E-state index < -0.39 is 9.84 Å². The molecule has 94 valence electrons. The summed E-state index contributed by atoms with van der Waals surface area (Å²) in [7, 11) is -2.91. The van der Waals surface area contributed by atoms with Gasteiger partial charge in [0.15, 0.2) is 9.84 Å². The molecular formula is C13H19NO2S. The number of hydrogen-bond donors (Lipinski definition) is 1. The molecule has 0 aromatic heterocycles. The maximum absolute atomic E-state index is 11.9. The fraction of sp³-hybridized carbons (Fsp3) is 0.538. The van der Waals surface area contributed by atoms with Crippen LogP contribution in [0.2, 0.25) is 0 Å². The highest BCUT2D eigenvalue weighted by Crippen LogP contribution is 2.16. The molecule has 0 amide bonds. The van der Waals surface area contributed by atoms with Crippen molar-refractivity contribution in [2.45, 2.75) is 25.5 Å². The van der Waals surface area contributed by atoms with Gasteiger partial charge in [0.25, 0.3) is 0 Å². The van der Waals surface area contributed by atoms with Crippen molar-refractivity contribution in [3.05, 3.63) is 34.9 Å². The molecule has 0 spiro atoms. The Morgan fingerprint density at radius 2 is 1.88 bits per heavy atom. The third kappa shape index (κ3) is 3.07. The van der Waals surface area contributed by atoms with Crippen molar-refractivity contribution in [3.8, 4) is 0 Å². The van der Waals surface area contributed by atoms with Crippen LogP contribution in [0.15, 0.2) is 18.2 Å². The lowest BCUT2D eigenvalue weighted by atomic mass is 10.0. The van der Waals surface area contributed by atoms with Gasteiger partial charge < -0.3 is 5.32 Å². The Kier molecular flexibility index (Phi) is 3.54. The molecule has 1 heterocycles. The summed E-state index contributed by atoms with van der Waals surface area (Å²) in [6, 6.07) is 6.27. The molecule has 1 aromatic carbocycles. The molecule has 1 unspecified atom stereocenters. The van der Waals surface area contributed by atoms with E-state index in [9.17, 15) is 8.42 Å². The Hall–Kier alpha value is -0.870. The fourth-order valence-electron chi connectivity index (χ4n) is 2.42. The Bertz CT molecular complexity index is 488. The predicted octanol–water partition coefficient (Wildman–Crippen LogP) is 1.23. The first-order valence-corrected chi connectivity index (χ1v) is 7.68. The van der Waals surface area contributed by atoms with Gasteiger partial charge in [-0.2, -0.15) is 0 Å². The first-order valence-electron chi connectivity index (χ1n) is 5.97. The van der Waals surface area contributed by atoms with Gasteiger partial charge in [0.1, 0.15) is 0 Å². The van der Waals surface area contributed by atoms with E-state index in [1.165, 1.54) is 11.1 Å². The van der Waals surface area contributed by atoms with Crippen LogP contribution in [0.3, 0.4) is 0 Å². The summed E-state index contributed by atoms with van der Waals surface area (Å²) in [5.74, 6) is 0.266. The quantitative estimate of drug-likeness (QED) is 0.862. The van der Waals surface area contributed by atoms with Crippen LogP contribution in [0.5, 0.6) is 0 Å². The molecule has 4 heteroatoms. The maximum Gasteiger partial charge on any atom is 0.155 e. The Morgan fingerprint density at radius 1 is 1.24 bits per heavy atom. The van der Waals surface area contributed by atoms with Gasteiger partial charge in [0.05, 0.1) is 11.0 Å². The second kappa shape index (κ2) is 4.78. The van der Waals surface area contributed by atoms with Crippen molar-refractivity contribution in [2.24, 2.45) is 0 Å². The minimum atomic E-state index is -2.91. The molecule has 1 aliphatic rings. The number of aryl methyl sites for hydroxylation is 2. The monoisotopic (exact) mass is 253 g/mol. The van der Waals surface area contributed by atoms with Gasteiger partial charge in [-0.15, -0.1) is 0 Å². The van der Waals surface area contributed by atoms with Crippen LogP contribution >= 0.6 is 0 Å². The average Bonchev–Trinajstić information content (AvgIpc) is 2.19. The van der Waals surface area contributed by atoms with Gasteiger partial charge in [-0.05, 0) is 25.8 Å². The van der Waals surface area contributed by atoms with Crippen LogP contribution in [0.1, 0.15) is 16.7 Å². The molecule has 0 saturated carbocycles. The van der Waals surface area contributed by atoms with Crippen molar-refractivity contribution in [3.63, 3.8) is 0 Å². The highest BCUT2D eigenvalue weighted by molar-refractivity contribution is 7.92. The highest BCUT2D eigenvalue weighted by Gasteiger charge is 2.28. The summed E-state index contributed by atoms with van der Waals surface area (Å²) < 4.78 is 23.8. The van der Waals surface area contributed by atoms with Crippen molar-refractivity contribution in [1.29, 1.82) is 0 Å². The molecule has 3 nitrogen and oxygen atoms in total. The van der Waals surface area contributed by atoms with Gasteiger partial charge >= 0.3 is 0 Å². The molecule has 0 aliphatic carbocycles. The summed E-state index contributed by atoms with van der Waals surface area (Å²) >= 11 is 0. The Morgan fingerprint density at radius 3 is 2.47 bits per heavy atom. The van der Waals surface area contributed by atoms with E-state index in [4.69, 9.17) is 0 Å². The van der Waals surface area contributed by atoms with Gasteiger partial charge in [-0.1, -0.05) is 29.3 Å². The standard InChI is InChI=1S/C13H19NO2S/c1-10-5-11(2)7-12(6-10)8-13-9-14-3-4-17(13,15)16/h5-7,13-14H,3-4,8-9H2,1-2H3. The Labute approximate surface area is 103 Å². The normalized spacial score (nSPS) is 23.5. The first-order chi connectivity index (χ1) is 7.97. The molecule has 1 aromatic rings. The zero-order chi connectivity index (χ0) is 12.5. The summed E-state index contributed by atoms with van der Waals surface area (Å²) in [6.07, 6.45) is 0.623. The molecule has 17 heavy (non-hydrogen) atoms. The molecule has 1 aliphatic heterocycles. The summed E-state index contributed by atoms with van der Waals surface area (Å²) in [5, 5.41) is 2.89. The van der Waals surface area contributed by atoms with Crippen LogP contribution < -0.4 is 5.32 Å². The van der Waals surface area contributed by atoms with Crippen molar-refractivity contribution < 1.29 is 8.42 Å². The molecule has 2 rings (SSSR count). The second-order valence-electron chi connectivity index (χ2n) is 4.89. The van der Waals surface area contributed by atoms with Crippen molar-refractivity contribution in [1.82, 2.24) is 5.32 Å². The smallest absolute Gasteiger partial charge is 0.155 e. The SMILES string of the molecule is Cc1cc(C)cc(CC2CNCCS2(=O)=O)c1. The van der Waals surface area contributed by atoms with Crippen molar-refractivity contribution >= 4 is 9.84 Å². The largest absolute Gasteiger partial charge is 0.314 e. The minimum Gasteiger partial charge on any atom is -0.314 e. The number of benzene rings is 1.